The molecule has 3 nitrogen and oxygen atoms in total. The number of nitrogens with two attached hydrogens (primary N) is 1. The Morgan fingerprint density at radius 2 is 2.14 bits per heavy atom. The molecule has 2 rings (SSSR count). The molecule has 1 spiro atoms. The lowest BCUT2D eigenvalue weighted by Crippen LogP contribution is -2.43. The fourth-order valence-electron chi connectivity index (χ4n) is 2.41. The van der Waals surface area contributed by atoms with Gasteiger partial charge >= 0.3 is 0 Å². The summed E-state index contributed by atoms with van der Waals surface area (Å²) >= 11 is 0. The summed E-state index contributed by atoms with van der Waals surface area (Å²) in [5.74, 6) is 0.122. The fourth-order valence-corrected chi connectivity index (χ4v) is 2.41. The predicted octanol–water partition coefficient (Wildman–Crippen LogP) is 1.16. The summed E-state index contributed by atoms with van der Waals surface area (Å²) in [5, 5.41) is 0. The van der Waals surface area contributed by atoms with Crippen LogP contribution >= 0.6 is 12.4 Å². The molecule has 14 heavy (non-hydrogen) atoms. The van der Waals surface area contributed by atoms with Gasteiger partial charge in [-0.3, -0.25) is 4.79 Å². The maximum Gasteiger partial charge on any atom is 0.239 e. The number of hydrogen-bond donors (Lipinski definition) is 1. The number of amides is 1. The molecular formula is C10H19ClN2O. The highest BCUT2D eigenvalue weighted by Gasteiger charge is 2.51. The third-order valence-corrected chi connectivity index (χ3v) is 3.40. The van der Waals surface area contributed by atoms with Crippen LogP contribution in [0.3, 0.4) is 0 Å². The second kappa shape index (κ2) is 3.70. The molecule has 0 radical (unpaired) electrons. The average Bonchev–Trinajstić information content (AvgIpc) is 2.70. The summed E-state index contributed by atoms with van der Waals surface area (Å²) < 4.78 is 0. The first-order valence-electron chi connectivity index (χ1n) is 5.10. The van der Waals surface area contributed by atoms with Crippen molar-refractivity contribution in [2.45, 2.75) is 45.2 Å². The van der Waals surface area contributed by atoms with Gasteiger partial charge in [0.1, 0.15) is 0 Å². The van der Waals surface area contributed by atoms with Crippen molar-refractivity contribution in [3.8, 4) is 0 Å². The van der Waals surface area contributed by atoms with Crippen LogP contribution in [0, 0.1) is 5.41 Å². The maximum atomic E-state index is 11.7. The van der Waals surface area contributed by atoms with E-state index in [1.54, 1.807) is 6.92 Å². The molecule has 1 aliphatic carbocycles. The second-order valence-corrected chi connectivity index (χ2v) is 4.81. The van der Waals surface area contributed by atoms with Crippen molar-refractivity contribution in [1.82, 2.24) is 4.90 Å². The van der Waals surface area contributed by atoms with Gasteiger partial charge in [0.2, 0.25) is 5.91 Å². The largest absolute Gasteiger partial charge is 0.338 e. The molecule has 2 fully saturated rings. The summed E-state index contributed by atoms with van der Waals surface area (Å²) in [7, 11) is 0. The third-order valence-electron chi connectivity index (χ3n) is 3.40. The zero-order valence-electron chi connectivity index (χ0n) is 8.82. The topological polar surface area (TPSA) is 46.3 Å². The fraction of sp³-hybridized carbons (Fsp3) is 0.900. The van der Waals surface area contributed by atoms with E-state index < -0.39 is 0 Å². The first-order chi connectivity index (χ1) is 6.04. The van der Waals surface area contributed by atoms with E-state index in [9.17, 15) is 4.79 Å². The molecule has 0 aromatic heterocycles. The van der Waals surface area contributed by atoms with Gasteiger partial charge in [0, 0.05) is 12.6 Å². The number of hydrogen-bond acceptors (Lipinski definition) is 2. The predicted molar refractivity (Wildman–Crippen MR) is 58.4 cm³/mol. The van der Waals surface area contributed by atoms with Gasteiger partial charge in [0.05, 0.1) is 6.04 Å². The summed E-state index contributed by atoms with van der Waals surface area (Å²) in [4.78, 5) is 13.6. The van der Waals surface area contributed by atoms with Gasteiger partial charge < -0.3 is 10.6 Å². The van der Waals surface area contributed by atoms with Gasteiger partial charge in [-0.1, -0.05) is 0 Å². The number of likely N-dealkylation sites (tertiary alicyclic amines) is 1. The van der Waals surface area contributed by atoms with Crippen LogP contribution in [0.4, 0.5) is 0 Å². The van der Waals surface area contributed by atoms with Crippen molar-refractivity contribution < 1.29 is 4.79 Å². The van der Waals surface area contributed by atoms with E-state index in [4.69, 9.17) is 5.73 Å². The molecule has 0 bridgehead atoms. The SMILES string of the molecule is CC1CC2(CC2)CN1C(=O)[C@@H](C)N.Cl. The van der Waals surface area contributed by atoms with Crippen molar-refractivity contribution >= 4 is 18.3 Å². The van der Waals surface area contributed by atoms with Crippen LogP contribution in [0.2, 0.25) is 0 Å². The summed E-state index contributed by atoms with van der Waals surface area (Å²) in [5.41, 5.74) is 6.10. The van der Waals surface area contributed by atoms with Crippen molar-refractivity contribution in [1.29, 1.82) is 0 Å². The first kappa shape index (κ1) is 11.8. The summed E-state index contributed by atoms with van der Waals surface area (Å²) in [6, 6.07) is 0.0670. The molecule has 2 atom stereocenters. The number of halogens is 1. The van der Waals surface area contributed by atoms with Crippen molar-refractivity contribution in [3.63, 3.8) is 0 Å². The Bertz CT molecular complexity index is 238. The van der Waals surface area contributed by atoms with Crippen LogP contribution in [0.1, 0.15) is 33.1 Å². The standard InChI is InChI=1S/C10H18N2O.ClH/c1-7-5-10(3-4-10)6-12(7)9(13)8(2)11;/h7-8H,3-6,11H2,1-2H3;1H/t7?,8-;/m1./s1. The van der Waals surface area contributed by atoms with Crippen LogP contribution in [0.5, 0.6) is 0 Å². The van der Waals surface area contributed by atoms with Gasteiger partial charge in [-0.05, 0) is 38.5 Å². The Balaban J connectivity index is 0.000000980. The first-order valence-corrected chi connectivity index (χ1v) is 5.10. The molecule has 1 amide bonds. The monoisotopic (exact) mass is 218 g/mol. The molecule has 1 aliphatic heterocycles. The Labute approximate surface area is 91.4 Å². The van der Waals surface area contributed by atoms with Crippen LogP contribution < -0.4 is 5.73 Å². The van der Waals surface area contributed by atoms with Gasteiger partial charge in [-0.15, -0.1) is 12.4 Å². The van der Waals surface area contributed by atoms with E-state index in [-0.39, 0.29) is 24.4 Å². The minimum Gasteiger partial charge on any atom is -0.338 e. The van der Waals surface area contributed by atoms with E-state index >= 15 is 0 Å². The Kier molecular flexibility index (Phi) is 3.12. The van der Waals surface area contributed by atoms with Crippen LogP contribution in [0.25, 0.3) is 0 Å². The molecule has 0 aromatic carbocycles. The Morgan fingerprint density at radius 3 is 2.50 bits per heavy atom. The van der Waals surface area contributed by atoms with Crippen molar-refractivity contribution in [2.75, 3.05) is 6.54 Å². The molecule has 2 aliphatic rings. The van der Waals surface area contributed by atoms with Gasteiger partial charge in [0.25, 0.3) is 0 Å². The molecule has 82 valence electrons. The minimum atomic E-state index is -0.337. The zero-order chi connectivity index (χ0) is 9.64. The van der Waals surface area contributed by atoms with E-state index in [0.717, 1.165) is 6.54 Å². The molecule has 0 aromatic rings. The highest BCUT2D eigenvalue weighted by atomic mass is 35.5. The molecule has 1 unspecified atom stereocenters. The minimum absolute atomic E-state index is 0. The van der Waals surface area contributed by atoms with Gasteiger partial charge in [0.15, 0.2) is 0 Å². The molecule has 1 saturated heterocycles. The second-order valence-electron chi connectivity index (χ2n) is 4.81. The Morgan fingerprint density at radius 1 is 1.57 bits per heavy atom. The number of carbonyl (C=O) groups is 1. The zero-order valence-corrected chi connectivity index (χ0v) is 9.64. The smallest absolute Gasteiger partial charge is 0.239 e. The number of rotatable bonds is 1. The Hall–Kier alpha value is -0.280. The average molecular weight is 219 g/mol. The molecular weight excluding hydrogens is 200 g/mol. The van der Waals surface area contributed by atoms with E-state index in [2.05, 4.69) is 6.92 Å². The summed E-state index contributed by atoms with van der Waals surface area (Å²) in [6.45, 7) is 4.86. The maximum absolute atomic E-state index is 11.7. The molecule has 1 heterocycles. The third kappa shape index (κ3) is 1.89. The molecule has 2 N–H and O–H groups in total. The highest BCUT2D eigenvalue weighted by Crippen LogP contribution is 2.54. The van der Waals surface area contributed by atoms with Gasteiger partial charge in [-0.2, -0.15) is 0 Å². The van der Waals surface area contributed by atoms with Crippen LogP contribution in [-0.2, 0) is 4.79 Å². The quantitative estimate of drug-likeness (QED) is 0.718. The van der Waals surface area contributed by atoms with E-state index in [0.29, 0.717) is 11.5 Å². The van der Waals surface area contributed by atoms with Crippen molar-refractivity contribution in [3.05, 3.63) is 0 Å². The lowest BCUT2D eigenvalue weighted by molar-refractivity contribution is -0.132. The highest BCUT2D eigenvalue weighted by molar-refractivity contribution is 5.85. The number of nitrogens with zero attached hydrogens (tertiary/aromatic N) is 1. The lowest BCUT2D eigenvalue weighted by Gasteiger charge is -2.23. The van der Waals surface area contributed by atoms with Gasteiger partial charge in [-0.25, -0.2) is 0 Å². The van der Waals surface area contributed by atoms with Crippen molar-refractivity contribution in [2.24, 2.45) is 11.1 Å². The lowest BCUT2D eigenvalue weighted by atomic mass is 10.0. The van der Waals surface area contributed by atoms with E-state index in [1.807, 2.05) is 4.90 Å². The van der Waals surface area contributed by atoms with Crippen LogP contribution in [-0.4, -0.2) is 29.4 Å². The molecule has 4 heteroatoms. The normalized spacial score (nSPS) is 29.9. The molecule has 1 saturated carbocycles. The van der Waals surface area contributed by atoms with E-state index in [1.165, 1.54) is 19.3 Å². The number of carbonyl (C=O) groups excluding carboxylic acids is 1. The van der Waals surface area contributed by atoms with Crippen LogP contribution in [0.15, 0.2) is 0 Å². The summed E-state index contributed by atoms with van der Waals surface area (Å²) in [6.07, 6.45) is 3.80.